The average molecular weight is 330 g/mol. The number of hydrogen-bond acceptors (Lipinski definition) is 4. The molecular weight excluding hydrogens is 308 g/mol. The van der Waals surface area contributed by atoms with Crippen molar-refractivity contribution in [1.82, 2.24) is 9.47 Å². The fourth-order valence-corrected chi connectivity index (χ4v) is 3.57. The van der Waals surface area contributed by atoms with Crippen molar-refractivity contribution in [2.75, 3.05) is 20.3 Å². The number of ether oxygens (including phenoxy) is 2. The third-order valence-electron chi connectivity index (χ3n) is 4.64. The molecule has 3 rings (SSSR count). The molecule has 0 saturated carbocycles. The molecule has 0 spiro atoms. The summed E-state index contributed by atoms with van der Waals surface area (Å²) in [5.74, 6) is 0.749. The Morgan fingerprint density at radius 3 is 2.71 bits per heavy atom. The molecule has 1 aromatic heterocycles. The second-order valence-corrected chi connectivity index (χ2v) is 5.92. The molecule has 1 unspecified atom stereocenters. The molecule has 0 aliphatic carbocycles. The van der Waals surface area contributed by atoms with E-state index < -0.39 is 6.09 Å². The van der Waals surface area contributed by atoms with Gasteiger partial charge in [0, 0.05) is 18.9 Å². The zero-order chi connectivity index (χ0) is 17.4. The number of hydrogen-bond donors (Lipinski definition) is 0. The molecule has 0 saturated heterocycles. The van der Waals surface area contributed by atoms with Gasteiger partial charge in [-0.25, -0.2) is 9.36 Å². The van der Waals surface area contributed by atoms with Crippen molar-refractivity contribution in [2.24, 2.45) is 0 Å². The van der Waals surface area contributed by atoms with Gasteiger partial charge in [-0.2, -0.15) is 0 Å². The Kier molecular flexibility index (Phi) is 4.22. The molecule has 0 radical (unpaired) electrons. The standard InChI is InChI=1S/C18H22N2O4/c1-5-24-18(22)20-16-7-6-13(23-4)10-15(16)14-8-9-19(12(3)21)11(2)17(14)20/h6-7,10-11H,5,8-9H2,1-4H3. The Morgan fingerprint density at radius 1 is 1.33 bits per heavy atom. The number of carbonyl (C=O) groups is 2. The summed E-state index contributed by atoms with van der Waals surface area (Å²) in [6.45, 7) is 6.23. The molecule has 24 heavy (non-hydrogen) atoms. The van der Waals surface area contributed by atoms with Crippen LogP contribution in [-0.2, 0) is 16.0 Å². The van der Waals surface area contributed by atoms with Crippen LogP contribution in [0.4, 0.5) is 4.79 Å². The molecule has 0 fully saturated rings. The Morgan fingerprint density at radius 2 is 2.08 bits per heavy atom. The van der Waals surface area contributed by atoms with Crippen LogP contribution in [0.25, 0.3) is 10.9 Å². The second kappa shape index (κ2) is 6.19. The molecule has 6 nitrogen and oxygen atoms in total. The smallest absolute Gasteiger partial charge is 0.418 e. The van der Waals surface area contributed by atoms with Crippen molar-refractivity contribution < 1.29 is 19.1 Å². The van der Waals surface area contributed by atoms with Gasteiger partial charge < -0.3 is 14.4 Å². The lowest BCUT2D eigenvalue weighted by molar-refractivity contribution is -0.131. The summed E-state index contributed by atoms with van der Waals surface area (Å²) in [4.78, 5) is 26.3. The van der Waals surface area contributed by atoms with E-state index in [0.717, 1.165) is 27.9 Å². The Balaban J connectivity index is 2.27. The van der Waals surface area contributed by atoms with E-state index in [9.17, 15) is 9.59 Å². The fourth-order valence-electron chi connectivity index (χ4n) is 3.57. The van der Waals surface area contributed by atoms with Crippen molar-refractivity contribution in [2.45, 2.75) is 33.2 Å². The zero-order valence-electron chi connectivity index (χ0n) is 14.5. The Bertz CT molecular complexity index is 809. The van der Waals surface area contributed by atoms with Crippen LogP contribution in [-0.4, -0.2) is 41.7 Å². The van der Waals surface area contributed by atoms with E-state index in [0.29, 0.717) is 19.6 Å². The lowest BCUT2D eigenvalue weighted by atomic mass is 9.98. The highest BCUT2D eigenvalue weighted by molar-refractivity contribution is 5.95. The summed E-state index contributed by atoms with van der Waals surface area (Å²) in [6, 6.07) is 5.46. The van der Waals surface area contributed by atoms with Crippen molar-refractivity contribution >= 4 is 22.9 Å². The summed E-state index contributed by atoms with van der Waals surface area (Å²) in [6.07, 6.45) is 0.293. The lowest BCUT2D eigenvalue weighted by Crippen LogP contribution is -2.38. The van der Waals surface area contributed by atoms with Crippen LogP contribution in [0.1, 0.15) is 38.1 Å². The molecule has 1 aliphatic heterocycles. The summed E-state index contributed by atoms with van der Waals surface area (Å²) < 4.78 is 12.2. The van der Waals surface area contributed by atoms with E-state index in [1.54, 1.807) is 30.4 Å². The average Bonchev–Trinajstić information content (AvgIpc) is 2.89. The molecule has 0 bridgehead atoms. The normalized spacial score (nSPS) is 16.8. The number of amides is 1. The SMILES string of the molecule is CCOC(=O)n1c2c(c3cc(OC)ccc31)CCN(C(C)=O)C2C. The van der Waals surface area contributed by atoms with Gasteiger partial charge in [0.15, 0.2) is 0 Å². The van der Waals surface area contributed by atoms with Crippen molar-refractivity contribution in [3.8, 4) is 5.75 Å². The minimum atomic E-state index is -0.411. The van der Waals surface area contributed by atoms with Gasteiger partial charge in [0.1, 0.15) is 5.75 Å². The molecule has 1 atom stereocenters. The van der Waals surface area contributed by atoms with Crippen molar-refractivity contribution in [3.63, 3.8) is 0 Å². The van der Waals surface area contributed by atoms with E-state index in [-0.39, 0.29) is 11.9 Å². The maximum absolute atomic E-state index is 12.6. The van der Waals surface area contributed by atoms with E-state index in [2.05, 4.69) is 0 Å². The van der Waals surface area contributed by atoms with Crippen LogP contribution < -0.4 is 4.74 Å². The molecule has 2 aromatic rings. The van der Waals surface area contributed by atoms with Crippen molar-refractivity contribution in [1.29, 1.82) is 0 Å². The molecule has 1 aliphatic rings. The molecule has 0 N–H and O–H groups in total. The van der Waals surface area contributed by atoms with Crippen LogP contribution in [0.15, 0.2) is 18.2 Å². The van der Waals surface area contributed by atoms with Gasteiger partial charge in [0.2, 0.25) is 5.91 Å². The van der Waals surface area contributed by atoms with Gasteiger partial charge in [0.05, 0.1) is 31.0 Å². The van der Waals surface area contributed by atoms with Gasteiger partial charge in [-0.1, -0.05) is 0 Å². The third-order valence-corrected chi connectivity index (χ3v) is 4.64. The molecule has 128 valence electrons. The quantitative estimate of drug-likeness (QED) is 0.849. The fraction of sp³-hybridized carbons (Fsp3) is 0.444. The maximum atomic E-state index is 12.6. The number of nitrogens with zero attached hydrogens (tertiary/aromatic N) is 2. The van der Waals surface area contributed by atoms with Crippen LogP contribution in [0, 0.1) is 0 Å². The molecule has 1 amide bonds. The van der Waals surface area contributed by atoms with Gasteiger partial charge in [-0.05, 0) is 44.0 Å². The van der Waals surface area contributed by atoms with E-state index >= 15 is 0 Å². The van der Waals surface area contributed by atoms with Crippen LogP contribution in [0.3, 0.4) is 0 Å². The highest BCUT2D eigenvalue weighted by Gasteiger charge is 2.33. The number of rotatable bonds is 2. The summed E-state index contributed by atoms with van der Waals surface area (Å²) in [5, 5.41) is 0.979. The molecule has 6 heteroatoms. The minimum Gasteiger partial charge on any atom is -0.497 e. The predicted octanol–water partition coefficient (Wildman–Crippen LogP) is 3.12. The van der Waals surface area contributed by atoms with Crippen LogP contribution in [0.5, 0.6) is 5.75 Å². The summed E-state index contributed by atoms with van der Waals surface area (Å²) >= 11 is 0. The van der Waals surface area contributed by atoms with E-state index in [4.69, 9.17) is 9.47 Å². The summed E-state index contributed by atoms with van der Waals surface area (Å²) in [5.41, 5.74) is 2.71. The predicted molar refractivity (Wildman–Crippen MR) is 90.4 cm³/mol. The highest BCUT2D eigenvalue weighted by atomic mass is 16.5. The lowest BCUT2D eigenvalue weighted by Gasteiger charge is -2.33. The Hall–Kier alpha value is -2.50. The highest BCUT2D eigenvalue weighted by Crippen LogP contribution is 2.38. The van der Waals surface area contributed by atoms with Gasteiger partial charge in [0.25, 0.3) is 0 Å². The first-order valence-corrected chi connectivity index (χ1v) is 8.15. The number of methoxy groups -OCH3 is 1. The van der Waals surface area contributed by atoms with Crippen LogP contribution >= 0.6 is 0 Å². The van der Waals surface area contributed by atoms with E-state index in [1.807, 2.05) is 25.1 Å². The largest absolute Gasteiger partial charge is 0.497 e. The number of aromatic nitrogens is 1. The zero-order valence-corrected chi connectivity index (χ0v) is 14.5. The molecular formula is C18H22N2O4. The Labute approximate surface area is 140 Å². The second-order valence-electron chi connectivity index (χ2n) is 5.92. The van der Waals surface area contributed by atoms with Crippen LogP contribution in [0.2, 0.25) is 0 Å². The molecule has 2 heterocycles. The number of fused-ring (bicyclic) bond motifs is 3. The number of benzene rings is 1. The first kappa shape index (κ1) is 16.4. The summed E-state index contributed by atoms with van der Waals surface area (Å²) in [7, 11) is 1.62. The first-order valence-electron chi connectivity index (χ1n) is 8.15. The number of carbonyl (C=O) groups excluding carboxylic acids is 2. The molecule has 1 aromatic carbocycles. The monoisotopic (exact) mass is 330 g/mol. The van der Waals surface area contributed by atoms with Gasteiger partial charge in [-0.15, -0.1) is 0 Å². The maximum Gasteiger partial charge on any atom is 0.418 e. The van der Waals surface area contributed by atoms with Crippen molar-refractivity contribution in [3.05, 3.63) is 29.5 Å². The van der Waals surface area contributed by atoms with Gasteiger partial charge in [-0.3, -0.25) is 4.79 Å². The minimum absolute atomic E-state index is 0.00592. The third kappa shape index (κ3) is 2.42. The topological polar surface area (TPSA) is 60.8 Å². The first-order chi connectivity index (χ1) is 11.5. The van der Waals surface area contributed by atoms with Gasteiger partial charge >= 0.3 is 6.09 Å². The van der Waals surface area contributed by atoms with E-state index in [1.165, 1.54) is 0 Å².